The number of carbonyl (C=O) groups excluding carboxylic acids is 1. The first-order chi connectivity index (χ1) is 13.3. The average Bonchev–Trinajstić information content (AvgIpc) is 2.67. The van der Waals surface area contributed by atoms with E-state index in [2.05, 4.69) is 5.32 Å². The Morgan fingerprint density at radius 2 is 1.61 bits per heavy atom. The number of aromatic hydroxyl groups is 1. The number of rotatable bonds is 4. The molecule has 0 saturated carbocycles. The van der Waals surface area contributed by atoms with Gasteiger partial charge in [-0.05, 0) is 47.0 Å². The molecule has 0 heterocycles. The molecule has 3 aromatic carbocycles. The van der Waals surface area contributed by atoms with Crippen LogP contribution in [0.5, 0.6) is 5.75 Å². The smallest absolute Gasteiger partial charge is 0.416 e. The fraction of sp³-hybridized carbons (Fsp3) is 0.0952. The predicted octanol–water partition coefficient (Wildman–Crippen LogP) is 5.83. The molecule has 28 heavy (non-hydrogen) atoms. The summed E-state index contributed by atoms with van der Waals surface area (Å²) in [7, 11) is 0. The lowest BCUT2D eigenvalue weighted by Gasteiger charge is -2.11. The van der Waals surface area contributed by atoms with Crippen LogP contribution in [0.3, 0.4) is 0 Å². The maximum atomic E-state index is 12.9. The molecule has 3 aromatic rings. The van der Waals surface area contributed by atoms with Gasteiger partial charge in [0, 0.05) is 5.69 Å². The second-order valence-electron chi connectivity index (χ2n) is 6.03. The summed E-state index contributed by atoms with van der Waals surface area (Å²) in [6.07, 6.45) is -5.20. The molecule has 0 spiro atoms. The molecule has 0 aliphatic heterocycles. The summed E-state index contributed by atoms with van der Waals surface area (Å²) in [5.41, 5.74) is 1.01. The molecule has 0 bridgehead atoms. The molecule has 4 nitrogen and oxygen atoms in total. The zero-order valence-corrected chi connectivity index (χ0v) is 14.5. The molecule has 0 fully saturated rings. The number of amides is 1. The maximum absolute atomic E-state index is 12.9. The van der Waals surface area contributed by atoms with Crippen molar-refractivity contribution in [2.75, 3.05) is 5.32 Å². The average molecular weight is 387 g/mol. The molecular weight excluding hydrogens is 371 g/mol. The van der Waals surface area contributed by atoms with Crippen molar-refractivity contribution in [1.29, 1.82) is 0 Å². The summed E-state index contributed by atoms with van der Waals surface area (Å²) in [5, 5.41) is 12.1. The number of phenols is 1. The van der Waals surface area contributed by atoms with Crippen LogP contribution in [0.15, 0.2) is 72.8 Å². The third kappa shape index (κ3) is 5.03. The third-order valence-electron chi connectivity index (χ3n) is 3.92. The van der Waals surface area contributed by atoms with Crippen molar-refractivity contribution in [1.82, 2.24) is 0 Å². The number of hydrogen-bond donors (Lipinski definition) is 2. The van der Waals surface area contributed by atoms with Crippen LogP contribution in [-0.2, 0) is 17.5 Å². The molecule has 7 heteroatoms. The Labute approximate surface area is 159 Å². The zero-order chi connectivity index (χ0) is 20.1. The number of carbonyl (C=O) groups is 1. The summed E-state index contributed by atoms with van der Waals surface area (Å²) in [6.45, 7) is 0.119. The summed E-state index contributed by atoms with van der Waals surface area (Å²) in [4.78, 5) is 11.8. The fourth-order valence-electron chi connectivity index (χ4n) is 2.56. The second-order valence-corrected chi connectivity index (χ2v) is 6.03. The van der Waals surface area contributed by atoms with E-state index in [-0.39, 0.29) is 12.2 Å². The highest BCUT2D eigenvalue weighted by Gasteiger charge is 2.31. The van der Waals surface area contributed by atoms with Crippen LogP contribution in [0.2, 0.25) is 0 Å². The van der Waals surface area contributed by atoms with Crippen molar-refractivity contribution in [3.05, 3.63) is 83.9 Å². The van der Waals surface area contributed by atoms with Gasteiger partial charge >= 0.3 is 12.3 Å². The van der Waals surface area contributed by atoms with E-state index in [0.29, 0.717) is 17.3 Å². The molecule has 0 saturated heterocycles. The number of halogens is 3. The Bertz CT molecular complexity index is 955. The number of anilines is 1. The Hall–Kier alpha value is -3.48. The van der Waals surface area contributed by atoms with E-state index in [0.717, 1.165) is 11.6 Å². The van der Waals surface area contributed by atoms with Crippen LogP contribution in [0.25, 0.3) is 11.1 Å². The first kappa shape index (κ1) is 19.3. The molecule has 144 valence electrons. The highest BCUT2D eigenvalue weighted by molar-refractivity contribution is 5.85. The third-order valence-corrected chi connectivity index (χ3v) is 3.92. The summed E-state index contributed by atoms with van der Waals surface area (Å²) in [6, 6.07) is 18.2. The Morgan fingerprint density at radius 3 is 2.25 bits per heavy atom. The van der Waals surface area contributed by atoms with Gasteiger partial charge in [-0.2, -0.15) is 13.2 Å². The van der Waals surface area contributed by atoms with Gasteiger partial charge in [0.2, 0.25) is 0 Å². The zero-order valence-electron chi connectivity index (χ0n) is 14.5. The Balaban J connectivity index is 1.67. The van der Waals surface area contributed by atoms with Gasteiger partial charge < -0.3 is 9.84 Å². The van der Waals surface area contributed by atoms with Crippen LogP contribution in [0.4, 0.5) is 23.7 Å². The topological polar surface area (TPSA) is 58.6 Å². The van der Waals surface area contributed by atoms with Crippen LogP contribution < -0.4 is 5.32 Å². The van der Waals surface area contributed by atoms with E-state index < -0.39 is 23.6 Å². The highest BCUT2D eigenvalue weighted by Crippen LogP contribution is 2.35. The number of hydrogen-bond acceptors (Lipinski definition) is 3. The van der Waals surface area contributed by atoms with Gasteiger partial charge in [0.1, 0.15) is 12.4 Å². The monoisotopic (exact) mass is 387 g/mol. The molecular formula is C21H16F3NO3. The van der Waals surface area contributed by atoms with Crippen LogP contribution in [0, 0.1) is 0 Å². The second kappa shape index (κ2) is 8.04. The summed E-state index contributed by atoms with van der Waals surface area (Å²) < 4.78 is 43.8. The number of benzene rings is 3. The SMILES string of the molecule is O=C(Nc1ccc(-c2cc(O)cc(C(F)(F)F)c2)cc1)OCc1ccccc1. The van der Waals surface area contributed by atoms with E-state index >= 15 is 0 Å². The van der Waals surface area contributed by atoms with Gasteiger partial charge in [-0.1, -0.05) is 42.5 Å². The van der Waals surface area contributed by atoms with E-state index in [1.54, 1.807) is 12.1 Å². The molecule has 0 radical (unpaired) electrons. The fourth-order valence-corrected chi connectivity index (χ4v) is 2.56. The van der Waals surface area contributed by atoms with Gasteiger partial charge in [-0.3, -0.25) is 5.32 Å². The molecule has 0 aliphatic carbocycles. The normalized spacial score (nSPS) is 11.1. The molecule has 3 rings (SSSR count). The van der Waals surface area contributed by atoms with Crippen molar-refractivity contribution in [2.24, 2.45) is 0 Å². The van der Waals surface area contributed by atoms with Crippen molar-refractivity contribution in [3.8, 4) is 16.9 Å². The first-order valence-electron chi connectivity index (χ1n) is 8.31. The summed E-state index contributed by atoms with van der Waals surface area (Å²) >= 11 is 0. The first-order valence-corrected chi connectivity index (χ1v) is 8.31. The number of alkyl halides is 3. The quantitative estimate of drug-likeness (QED) is 0.592. The minimum absolute atomic E-state index is 0.119. The van der Waals surface area contributed by atoms with Gasteiger partial charge in [-0.25, -0.2) is 4.79 Å². The largest absolute Gasteiger partial charge is 0.508 e. The van der Waals surface area contributed by atoms with Crippen LogP contribution in [-0.4, -0.2) is 11.2 Å². The predicted molar refractivity (Wildman–Crippen MR) is 98.8 cm³/mol. The van der Waals surface area contributed by atoms with Crippen molar-refractivity contribution in [2.45, 2.75) is 12.8 Å². The van der Waals surface area contributed by atoms with E-state index in [4.69, 9.17) is 4.74 Å². The number of ether oxygens (including phenoxy) is 1. The van der Waals surface area contributed by atoms with Crippen molar-refractivity contribution >= 4 is 11.8 Å². The summed E-state index contributed by atoms with van der Waals surface area (Å²) in [5.74, 6) is -0.475. The van der Waals surface area contributed by atoms with Crippen LogP contribution in [0.1, 0.15) is 11.1 Å². The Morgan fingerprint density at radius 1 is 0.929 bits per heavy atom. The van der Waals surface area contributed by atoms with E-state index in [9.17, 15) is 23.1 Å². The molecule has 0 atom stereocenters. The highest BCUT2D eigenvalue weighted by atomic mass is 19.4. The molecule has 0 unspecified atom stereocenters. The van der Waals surface area contributed by atoms with Gasteiger partial charge in [-0.15, -0.1) is 0 Å². The lowest BCUT2D eigenvalue weighted by Crippen LogP contribution is -2.13. The molecule has 2 N–H and O–H groups in total. The van der Waals surface area contributed by atoms with E-state index in [1.165, 1.54) is 18.2 Å². The molecule has 0 aliphatic rings. The van der Waals surface area contributed by atoms with Gasteiger partial charge in [0.05, 0.1) is 5.56 Å². The Kier molecular flexibility index (Phi) is 5.54. The van der Waals surface area contributed by atoms with Crippen LogP contribution >= 0.6 is 0 Å². The van der Waals surface area contributed by atoms with Crippen molar-refractivity contribution in [3.63, 3.8) is 0 Å². The molecule has 1 amide bonds. The van der Waals surface area contributed by atoms with Gasteiger partial charge in [0.25, 0.3) is 0 Å². The molecule has 0 aromatic heterocycles. The standard InChI is InChI=1S/C21H16F3NO3/c22-21(23,24)17-10-16(11-19(26)12-17)15-6-8-18(9-7-15)25-20(27)28-13-14-4-2-1-3-5-14/h1-12,26H,13H2,(H,25,27). The maximum Gasteiger partial charge on any atom is 0.416 e. The lowest BCUT2D eigenvalue weighted by molar-refractivity contribution is -0.137. The minimum Gasteiger partial charge on any atom is -0.508 e. The number of phenolic OH excluding ortho intramolecular Hbond substituents is 1. The minimum atomic E-state index is -4.56. The lowest BCUT2D eigenvalue weighted by atomic mass is 10.0. The van der Waals surface area contributed by atoms with E-state index in [1.807, 2.05) is 30.3 Å². The van der Waals surface area contributed by atoms with Crippen molar-refractivity contribution < 1.29 is 27.8 Å². The van der Waals surface area contributed by atoms with Gasteiger partial charge in [0.15, 0.2) is 0 Å². The number of nitrogens with one attached hydrogen (secondary N) is 1.